The van der Waals surface area contributed by atoms with Crippen LogP contribution in [0.15, 0.2) is 42.5 Å². The lowest BCUT2D eigenvalue weighted by atomic mass is 10.0. The number of carbonyl (C=O) groups excluding carboxylic acids is 3. The summed E-state index contributed by atoms with van der Waals surface area (Å²) in [4.78, 5) is 35.7. The van der Waals surface area contributed by atoms with Gasteiger partial charge < -0.3 is 10.1 Å². The Bertz CT molecular complexity index is 827. The van der Waals surface area contributed by atoms with Crippen LogP contribution in [-0.2, 0) is 14.3 Å². The van der Waals surface area contributed by atoms with Crippen molar-refractivity contribution in [1.82, 2.24) is 0 Å². The van der Waals surface area contributed by atoms with Gasteiger partial charge in [-0.25, -0.2) is 0 Å². The Labute approximate surface area is 153 Å². The molecule has 26 heavy (non-hydrogen) atoms. The van der Waals surface area contributed by atoms with E-state index in [1.165, 1.54) is 0 Å². The number of benzene rings is 2. The molecule has 5 heteroatoms. The van der Waals surface area contributed by atoms with Crippen molar-refractivity contribution in [2.24, 2.45) is 0 Å². The molecular weight excluding hydrogens is 330 g/mol. The number of ether oxygens (including phenoxy) is 1. The summed E-state index contributed by atoms with van der Waals surface area (Å²) in [5, 5.41) is 2.66. The number of carbonyl (C=O) groups is 3. The van der Waals surface area contributed by atoms with Gasteiger partial charge in [-0.1, -0.05) is 24.3 Å². The number of hydrogen-bond acceptors (Lipinski definition) is 4. The Balaban J connectivity index is 1.75. The van der Waals surface area contributed by atoms with Crippen LogP contribution in [0.5, 0.6) is 0 Å². The molecule has 0 aliphatic rings. The first-order chi connectivity index (χ1) is 12.3. The minimum Gasteiger partial charge on any atom is -0.456 e. The Morgan fingerprint density at radius 2 is 1.69 bits per heavy atom. The van der Waals surface area contributed by atoms with Crippen molar-refractivity contribution < 1.29 is 19.1 Å². The number of Topliss-reactive ketones (excluding diaryl/α,β-unsaturated/α-hetero) is 1. The predicted molar refractivity (Wildman–Crippen MR) is 100 cm³/mol. The third kappa shape index (κ3) is 5.84. The standard InChI is InChI=1S/C21H23NO4/c1-14-5-4-6-18(11-14)22-20(24)13-26-21(25)10-9-19(23)17-8-7-15(2)16(3)12-17/h4-8,11-12H,9-10,13H2,1-3H3,(H,22,24). The Morgan fingerprint density at radius 3 is 2.38 bits per heavy atom. The second-order valence-electron chi connectivity index (χ2n) is 6.30. The lowest BCUT2D eigenvalue weighted by Crippen LogP contribution is -2.21. The molecule has 0 saturated heterocycles. The molecule has 0 radical (unpaired) electrons. The first-order valence-corrected chi connectivity index (χ1v) is 8.48. The Morgan fingerprint density at radius 1 is 0.923 bits per heavy atom. The number of aryl methyl sites for hydroxylation is 3. The summed E-state index contributed by atoms with van der Waals surface area (Å²) in [6.07, 6.45) is 0.00428. The van der Waals surface area contributed by atoms with Crippen LogP contribution in [0.3, 0.4) is 0 Å². The molecule has 2 aromatic rings. The number of hydrogen-bond donors (Lipinski definition) is 1. The van der Waals surface area contributed by atoms with E-state index in [1.54, 1.807) is 12.1 Å². The number of anilines is 1. The van der Waals surface area contributed by atoms with E-state index in [0.29, 0.717) is 11.3 Å². The van der Waals surface area contributed by atoms with Crippen LogP contribution in [-0.4, -0.2) is 24.3 Å². The molecule has 0 spiro atoms. The molecule has 0 aliphatic heterocycles. The minimum absolute atomic E-state index is 0.0521. The molecule has 136 valence electrons. The van der Waals surface area contributed by atoms with E-state index in [2.05, 4.69) is 5.32 Å². The summed E-state index contributed by atoms with van der Waals surface area (Å²) >= 11 is 0. The van der Waals surface area contributed by atoms with E-state index >= 15 is 0 Å². The van der Waals surface area contributed by atoms with Gasteiger partial charge in [-0.2, -0.15) is 0 Å². The molecule has 0 unspecified atom stereocenters. The van der Waals surface area contributed by atoms with E-state index in [0.717, 1.165) is 16.7 Å². The Hall–Kier alpha value is -2.95. The molecule has 2 aromatic carbocycles. The van der Waals surface area contributed by atoms with E-state index in [-0.39, 0.29) is 25.2 Å². The van der Waals surface area contributed by atoms with E-state index < -0.39 is 11.9 Å². The van der Waals surface area contributed by atoms with Gasteiger partial charge in [0.2, 0.25) is 0 Å². The van der Waals surface area contributed by atoms with Crippen molar-refractivity contribution >= 4 is 23.3 Å². The summed E-state index contributed by atoms with van der Waals surface area (Å²) < 4.78 is 4.93. The summed E-state index contributed by atoms with van der Waals surface area (Å²) in [7, 11) is 0. The maximum atomic E-state index is 12.1. The minimum atomic E-state index is -0.568. The van der Waals surface area contributed by atoms with Crippen molar-refractivity contribution in [3.05, 3.63) is 64.7 Å². The smallest absolute Gasteiger partial charge is 0.306 e. The quantitative estimate of drug-likeness (QED) is 0.608. The van der Waals surface area contributed by atoms with E-state index in [1.807, 2.05) is 51.1 Å². The van der Waals surface area contributed by atoms with Crippen LogP contribution in [0.1, 0.15) is 39.9 Å². The average Bonchev–Trinajstić information content (AvgIpc) is 2.60. The van der Waals surface area contributed by atoms with Crippen molar-refractivity contribution in [3.63, 3.8) is 0 Å². The van der Waals surface area contributed by atoms with E-state index in [4.69, 9.17) is 4.74 Å². The molecule has 1 N–H and O–H groups in total. The van der Waals surface area contributed by atoms with Crippen LogP contribution in [0, 0.1) is 20.8 Å². The van der Waals surface area contributed by atoms with Crippen molar-refractivity contribution in [1.29, 1.82) is 0 Å². The maximum Gasteiger partial charge on any atom is 0.306 e. The van der Waals surface area contributed by atoms with Crippen LogP contribution < -0.4 is 5.32 Å². The maximum absolute atomic E-state index is 12.1. The molecule has 0 fully saturated rings. The predicted octanol–water partition coefficient (Wildman–Crippen LogP) is 3.76. The highest BCUT2D eigenvalue weighted by Crippen LogP contribution is 2.13. The molecule has 1 amide bonds. The van der Waals surface area contributed by atoms with Crippen molar-refractivity contribution in [2.75, 3.05) is 11.9 Å². The summed E-state index contributed by atoms with van der Waals surface area (Å²) in [6, 6.07) is 12.8. The van der Waals surface area contributed by atoms with Crippen LogP contribution in [0.25, 0.3) is 0 Å². The summed E-state index contributed by atoms with van der Waals surface area (Å²) in [5.41, 5.74) is 4.39. The zero-order valence-electron chi connectivity index (χ0n) is 15.3. The van der Waals surface area contributed by atoms with Gasteiger partial charge in [0.25, 0.3) is 5.91 Å². The monoisotopic (exact) mass is 353 g/mol. The summed E-state index contributed by atoms with van der Waals surface area (Å²) in [5.74, 6) is -1.10. The molecule has 0 bridgehead atoms. The Kier molecular flexibility index (Phi) is 6.67. The number of esters is 1. The number of amides is 1. The second kappa shape index (κ2) is 8.94. The average molecular weight is 353 g/mol. The van der Waals surface area contributed by atoms with Gasteiger partial charge >= 0.3 is 5.97 Å². The zero-order chi connectivity index (χ0) is 19.1. The fraction of sp³-hybridized carbons (Fsp3) is 0.286. The van der Waals surface area contributed by atoms with Crippen LogP contribution >= 0.6 is 0 Å². The number of nitrogens with one attached hydrogen (secondary N) is 1. The normalized spacial score (nSPS) is 10.3. The van der Waals surface area contributed by atoms with Gasteiger partial charge in [0.15, 0.2) is 12.4 Å². The molecule has 0 saturated carbocycles. The third-order valence-corrected chi connectivity index (χ3v) is 4.05. The molecule has 0 aromatic heterocycles. The molecule has 0 heterocycles. The number of ketones is 1. The van der Waals surface area contributed by atoms with Gasteiger partial charge in [-0.15, -0.1) is 0 Å². The van der Waals surface area contributed by atoms with Gasteiger partial charge in [0, 0.05) is 17.7 Å². The fourth-order valence-corrected chi connectivity index (χ4v) is 2.41. The topological polar surface area (TPSA) is 72.5 Å². The zero-order valence-corrected chi connectivity index (χ0v) is 15.3. The van der Waals surface area contributed by atoms with Gasteiger partial charge in [0.05, 0.1) is 6.42 Å². The molecule has 0 atom stereocenters. The first-order valence-electron chi connectivity index (χ1n) is 8.48. The molecule has 5 nitrogen and oxygen atoms in total. The lowest BCUT2D eigenvalue weighted by molar-refractivity contribution is -0.147. The van der Waals surface area contributed by atoms with Crippen LogP contribution in [0.2, 0.25) is 0 Å². The molecule has 2 rings (SSSR count). The highest BCUT2D eigenvalue weighted by atomic mass is 16.5. The fourth-order valence-electron chi connectivity index (χ4n) is 2.41. The van der Waals surface area contributed by atoms with Crippen molar-refractivity contribution in [2.45, 2.75) is 33.6 Å². The summed E-state index contributed by atoms with van der Waals surface area (Å²) in [6.45, 7) is 5.46. The van der Waals surface area contributed by atoms with E-state index in [9.17, 15) is 14.4 Å². The SMILES string of the molecule is Cc1cccc(NC(=O)COC(=O)CCC(=O)c2ccc(C)c(C)c2)c1. The number of rotatable bonds is 7. The van der Waals surface area contributed by atoms with Crippen LogP contribution in [0.4, 0.5) is 5.69 Å². The largest absolute Gasteiger partial charge is 0.456 e. The van der Waals surface area contributed by atoms with Gasteiger partial charge in [0.1, 0.15) is 0 Å². The molecule has 0 aliphatic carbocycles. The lowest BCUT2D eigenvalue weighted by Gasteiger charge is -2.07. The highest BCUT2D eigenvalue weighted by Gasteiger charge is 2.12. The second-order valence-corrected chi connectivity index (χ2v) is 6.30. The van der Waals surface area contributed by atoms with Crippen molar-refractivity contribution in [3.8, 4) is 0 Å². The highest BCUT2D eigenvalue weighted by molar-refractivity contribution is 5.98. The molecular formula is C21H23NO4. The third-order valence-electron chi connectivity index (χ3n) is 4.05. The first kappa shape index (κ1) is 19.4. The van der Waals surface area contributed by atoms with Gasteiger partial charge in [-0.3, -0.25) is 14.4 Å². The van der Waals surface area contributed by atoms with Gasteiger partial charge in [-0.05, 0) is 55.7 Å².